The molecule has 1 aliphatic rings. The van der Waals surface area contributed by atoms with E-state index in [9.17, 15) is 13.2 Å². The molecule has 0 saturated carbocycles. The number of hydrogen-bond donors (Lipinski definition) is 1. The Kier molecular flexibility index (Phi) is 7.25. The highest BCUT2D eigenvalue weighted by atomic mass is 32.2. The van der Waals surface area contributed by atoms with Gasteiger partial charge in [0.15, 0.2) is 0 Å². The lowest BCUT2D eigenvalue weighted by Gasteiger charge is -2.26. The highest BCUT2D eigenvalue weighted by molar-refractivity contribution is 7.89. The SMILES string of the molecule is CC(C)Oc1ccc(CNC(=O)c2nnc(-c3ccc(S(=O)(=O)N4CCOCC4)cc3)o2)cc1. The van der Waals surface area contributed by atoms with Crippen LogP contribution in [0, 0.1) is 0 Å². The van der Waals surface area contributed by atoms with E-state index in [2.05, 4.69) is 15.5 Å². The van der Waals surface area contributed by atoms with Crippen molar-refractivity contribution >= 4 is 15.9 Å². The summed E-state index contributed by atoms with van der Waals surface area (Å²) in [4.78, 5) is 12.6. The summed E-state index contributed by atoms with van der Waals surface area (Å²) in [5.41, 5.74) is 1.40. The monoisotopic (exact) mass is 486 g/mol. The standard InChI is InChI=1S/C23H26N4O6S/c1-16(2)32-19-7-3-17(4-8-19)15-24-21(28)23-26-25-22(33-23)18-5-9-20(10-6-18)34(29,30)27-11-13-31-14-12-27/h3-10,16H,11-15H2,1-2H3,(H,24,28). The Morgan fingerprint density at radius 3 is 2.38 bits per heavy atom. The number of carbonyl (C=O) groups excluding carboxylic acids is 1. The molecule has 10 nitrogen and oxygen atoms in total. The van der Waals surface area contributed by atoms with Gasteiger partial charge >= 0.3 is 11.8 Å². The molecule has 0 aliphatic carbocycles. The average molecular weight is 487 g/mol. The molecule has 11 heteroatoms. The van der Waals surface area contributed by atoms with Gasteiger partial charge in [-0.2, -0.15) is 4.31 Å². The molecule has 1 N–H and O–H groups in total. The number of benzene rings is 2. The summed E-state index contributed by atoms with van der Waals surface area (Å²) in [5.74, 6) is 0.193. The van der Waals surface area contributed by atoms with Crippen molar-refractivity contribution in [3.63, 3.8) is 0 Å². The number of nitrogens with one attached hydrogen (secondary N) is 1. The van der Waals surface area contributed by atoms with Crippen molar-refractivity contribution in [1.82, 2.24) is 19.8 Å². The first-order chi connectivity index (χ1) is 16.3. The third-order valence-electron chi connectivity index (χ3n) is 5.08. The second-order valence-electron chi connectivity index (χ2n) is 7.95. The van der Waals surface area contributed by atoms with E-state index in [1.807, 2.05) is 38.1 Å². The first-order valence-electron chi connectivity index (χ1n) is 10.9. The number of hydrogen-bond acceptors (Lipinski definition) is 8. The number of ether oxygens (including phenoxy) is 2. The molecule has 2 aromatic carbocycles. The zero-order valence-corrected chi connectivity index (χ0v) is 19.7. The molecule has 1 fully saturated rings. The van der Waals surface area contributed by atoms with Gasteiger partial charge in [-0.15, -0.1) is 10.2 Å². The second kappa shape index (κ2) is 10.3. The lowest BCUT2D eigenvalue weighted by atomic mass is 10.2. The summed E-state index contributed by atoms with van der Waals surface area (Å²) < 4.78 is 43.2. The van der Waals surface area contributed by atoms with Gasteiger partial charge in [-0.3, -0.25) is 4.79 Å². The molecule has 1 aliphatic heterocycles. The van der Waals surface area contributed by atoms with E-state index in [0.29, 0.717) is 31.9 Å². The van der Waals surface area contributed by atoms with E-state index >= 15 is 0 Å². The van der Waals surface area contributed by atoms with E-state index in [1.165, 1.54) is 16.4 Å². The molecule has 0 unspecified atom stereocenters. The van der Waals surface area contributed by atoms with Crippen LogP contribution in [0.3, 0.4) is 0 Å². The molecule has 4 rings (SSSR count). The maximum absolute atomic E-state index is 12.7. The third-order valence-corrected chi connectivity index (χ3v) is 6.99. The van der Waals surface area contributed by atoms with Crippen LogP contribution in [0.4, 0.5) is 0 Å². The molecule has 0 atom stereocenters. The van der Waals surface area contributed by atoms with Crippen LogP contribution < -0.4 is 10.1 Å². The van der Waals surface area contributed by atoms with Crippen LogP contribution in [0.1, 0.15) is 30.1 Å². The number of amides is 1. The number of nitrogens with zero attached hydrogens (tertiary/aromatic N) is 3. The van der Waals surface area contributed by atoms with Crippen molar-refractivity contribution in [3.8, 4) is 17.2 Å². The van der Waals surface area contributed by atoms with E-state index in [1.54, 1.807) is 12.1 Å². The van der Waals surface area contributed by atoms with Crippen LogP contribution >= 0.6 is 0 Å². The first-order valence-corrected chi connectivity index (χ1v) is 12.3. The van der Waals surface area contributed by atoms with Gasteiger partial charge in [0.25, 0.3) is 0 Å². The maximum Gasteiger partial charge on any atom is 0.309 e. The highest BCUT2D eigenvalue weighted by Gasteiger charge is 2.26. The van der Waals surface area contributed by atoms with Crippen LogP contribution in [0.5, 0.6) is 5.75 Å². The van der Waals surface area contributed by atoms with Crippen molar-refractivity contribution in [3.05, 3.63) is 60.0 Å². The summed E-state index contributed by atoms with van der Waals surface area (Å²) >= 11 is 0. The third kappa shape index (κ3) is 5.61. The highest BCUT2D eigenvalue weighted by Crippen LogP contribution is 2.23. The largest absolute Gasteiger partial charge is 0.491 e. The number of morpholine rings is 1. The van der Waals surface area contributed by atoms with Crippen LogP contribution in [0.2, 0.25) is 0 Å². The van der Waals surface area contributed by atoms with Gasteiger partial charge in [0.1, 0.15) is 5.75 Å². The van der Waals surface area contributed by atoms with Crippen molar-refractivity contribution in [2.24, 2.45) is 0 Å². The van der Waals surface area contributed by atoms with Gasteiger partial charge in [-0.25, -0.2) is 8.42 Å². The lowest BCUT2D eigenvalue weighted by Crippen LogP contribution is -2.40. The Labute approximate surface area is 197 Å². The normalized spacial score (nSPS) is 14.8. The fourth-order valence-electron chi connectivity index (χ4n) is 3.35. The molecule has 0 bridgehead atoms. The van der Waals surface area contributed by atoms with Gasteiger partial charge in [0.05, 0.1) is 24.2 Å². The topological polar surface area (TPSA) is 124 Å². The summed E-state index contributed by atoms with van der Waals surface area (Å²) in [6.07, 6.45) is 0.0858. The number of sulfonamides is 1. The molecule has 1 aromatic heterocycles. The minimum Gasteiger partial charge on any atom is -0.491 e. The molecular formula is C23H26N4O6S. The van der Waals surface area contributed by atoms with E-state index in [4.69, 9.17) is 13.9 Å². The Morgan fingerprint density at radius 1 is 1.06 bits per heavy atom. The molecule has 180 valence electrons. The van der Waals surface area contributed by atoms with Gasteiger partial charge in [0.2, 0.25) is 15.9 Å². The summed E-state index contributed by atoms with van der Waals surface area (Å²) in [6.45, 7) is 5.59. The van der Waals surface area contributed by atoms with Gasteiger partial charge < -0.3 is 19.2 Å². The number of carbonyl (C=O) groups is 1. The van der Waals surface area contributed by atoms with Crippen LogP contribution in [-0.2, 0) is 21.3 Å². The Bertz CT molecular complexity index is 1220. The quantitative estimate of drug-likeness (QED) is 0.515. The zero-order valence-electron chi connectivity index (χ0n) is 18.9. The molecule has 0 spiro atoms. The molecular weight excluding hydrogens is 460 g/mol. The molecule has 1 amide bonds. The number of rotatable bonds is 8. The minimum absolute atomic E-state index is 0.0858. The summed E-state index contributed by atoms with van der Waals surface area (Å²) in [5, 5.41) is 10.5. The fourth-order valence-corrected chi connectivity index (χ4v) is 4.76. The molecule has 34 heavy (non-hydrogen) atoms. The number of aromatic nitrogens is 2. The first kappa shape index (κ1) is 23.9. The van der Waals surface area contributed by atoms with Gasteiger partial charge in [-0.05, 0) is 55.8 Å². The fraction of sp³-hybridized carbons (Fsp3) is 0.348. The van der Waals surface area contributed by atoms with E-state index < -0.39 is 15.9 Å². The van der Waals surface area contributed by atoms with Crippen LogP contribution in [-0.4, -0.2) is 61.2 Å². The molecule has 3 aromatic rings. The van der Waals surface area contributed by atoms with Crippen LogP contribution in [0.15, 0.2) is 57.8 Å². The smallest absolute Gasteiger partial charge is 0.309 e. The predicted molar refractivity (Wildman–Crippen MR) is 123 cm³/mol. The predicted octanol–water partition coefficient (Wildman–Crippen LogP) is 2.47. The summed E-state index contributed by atoms with van der Waals surface area (Å²) in [7, 11) is -3.60. The van der Waals surface area contributed by atoms with Crippen LogP contribution in [0.25, 0.3) is 11.5 Å². The van der Waals surface area contributed by atoms with Crippen molar-refractivity contribution in [2.75, 3.05) is 26.3 Å². The molecule has 0 radical (unpaired) electrons. The van der Waals surface area contributed by atoms with Crippen molar-refractivity contribution in [1.29, 1.82) is 0 Å². The Hall–Kier alpha value is -3.28. The van der Waals surface area contributed by atoms with Crippen molar-refractivity contribution in [2.45, 2.75) is 31.4 Å². The van der Waals surface area contributed by atoms with E-state index in [0.717, 1.165) is 11.3 Å². The lowest BCUT2D eigenvalue weighted by molar-refractivity contribution is 0.0730. The Morgan fingerprint density at radius 2 is 1.74 bits per heavy atom. The summed E-state index contributed by atoms with van der Waals surface area (Å²) in [6, 6.07) is 13.5. The van der Waals surface area contributed by atoms with E-state index in [-0.39, 0.29) is 29.3 Å². The second-order valence-corrected chi connectivity index (χ2v) is 9.88. The van der Waals surface area contributed by atoms with Gasteiger partial charge in [-0.1, -0.05) is 12.1 Å². The van der Waals surface area contributed by atoms with Crippen molar-refractivity contribution < 1.29 is 27.1 Å². The van der Waals surface area contributed by atoms with Gasteiger partial charge in [0, 0.05) is 25.2 Å². The minimum atomic E-state index is -3.60. The average Bonchev–Trinajstić information content (AvgIpc) is 3.34. The molecule has 1 saturated heterocycles. The molecule has 2 heterocycles. The zero-order chi connectivity index (χ0) is 24.1. The maximum atomic E-state index is 12.7. The Balaban J connectivity index is 1.37.